The number of hydrogen-bond donors (Lipinski definition) is 0. The molecule has 0 aliphatic heterocycles. The number of halogens is 1. The van der Waals surface area contributed by atoms with Crippen LogP contribution < -0.4 is 5.76 Å². The van der Waals surface area contributed by atoms with Gasteiger partial charge in [-0.2, -0.15) is 4.68 Å². The number of unbranched alkanes of at least 4 members (excludes halogenated alkanes) is 2. The molecule has 9 heteroatoms. The van der Waals surface area contributed by atoms with E-state index in [2.05, 4.69) is 10.1 Å². The molecule has 0 fully saturated rings. The highest BCUT2D eigenvalue weighted by molar-refractivity contribution is 6.30. The van der Waals surface area contributed by atoms with E-state index >= 15 is 0 Å². The average Bonchev–Trinajstić information content (AvgIpc) is 3.26. The highest BCUT2D eigenvalue weighted by Crippen LogP contribution is 2.20. The van der Waals surface area contributed by atoms with Crippen molar-refractivity contribution < 1.29 is 13.9 Å². The predicted octanol–water partition coefficient (Wildman–Crippen LogP) is 3.83. The molecule has 160 valence electrons. The second kappa shape index (κ2) is 10.2. The van der Waals surface area contributed by atoms with Gasteiger partial charge in [0.05, 0.1) is 12.9 Å². The smallest absolute Gasteiger partial charge is 0.437 e. The van der Waals surface area contributed by atoms with Crippen molar-refractivity contribution in [3.8, 4) is 11.6 Å². The molecule has 0 unspecified atom stereocenters. The van der Waals surface area contributed by atoms with E-state index in [4.69, 9.17) is 20.8 Å². The van der Waals surface area contributed by atoms with E-state index in [1.807, 2.05) is 35.8 Å². The number of nitrogens with zero attached hydrogens (tertiary/aromatic N) is 4. The molecule has 2 aromatic heterocycles. The van der Waals surface area contributed by atoms with E-state index in [0.29, 0.717) is 43.3 Å². The Bertz CT molecular complexity index is 1040. The first-order valence-corrected chi connectivity index (χ1v) is 10.4. The molecule has 3 rings (SSSR count). The van der Waals surface area contributed by atoms with Crippen LogP contribution in [0.2, 0.25) is 5.02 Å². The fourth-order valence-electron chi connectivity index (χ4n) is 3.08. The Balaban J connectivity index is 1.59. The molecular weight excluding hydrogens is 408 g/mol. The van der Waals surface area contributed by atoms with Gasteiger partial charge in [0.2, 0.25) is 0 Å². The van der Waals surface area contributed by atoms with Crippen LogP contribution in [0, 0.1) is 6.92 Å². The molecule has 0 saturated carbocycles. The van der Waals surface area contributed by atoms with Gasteiger partial charge in [-0.05, 0) is 44.4 Å². The number of carbonyl (C=O) groups excluding carboxylic acids is 1. The summed E-state index contributed by atoms with van der Waals surface area (Å²) < 4.78 is 13.5. The number of imidazole rings is 1. The summed E-state index contributed by atoms with van der Waals surface area (Å²) in [6.07, 6.45) is 4.31. The summed E-state index contributed by atoms with van der Waals surface area (Å²) in [5, 5.41) is 4.98. The summed E-state index contributed by atoms with van der Waals surface area (Å²) in [5.74, 6) is -0.496. The number of carbonyl (C=O) groups is 1. The summed E-state index contributed by atoms with van der Waals surface area (Å²) in [5.41, 5.74) is 2.48. The topological polar surface area (TPSA) is 92.2 Å². The van der Waals surface area contributed by atoms with Gasteiger partial charge in [-0.3, -0.25) is 4.79 Å². The minimum Gasteiger partial charge on any atom is -0.466 e. The monoisotopic (exact) mass is 432 g/mol. The molecule has 0 amide bonds. The van der Waals surface area contributed by atoms with Crippen molar-refractivity contribution in [1.29, 1.82) is 0 Å². The van der Waals surface area contributed by atoms with Crippen LogP contribution in [-0.2, 0) is 22.6 Å². The third kappa shape index (κ3) is 5.60. The molecule has 2 heterocycles. The second-order valence-corrected chi connectivity index (χ2v) is 7.38. The lowest BCUT2D eigenvalue weighted by atomic mass is 10.2. The fourth-order valence-corrected chi connectivity index (χ4v) is 3.21. The van der Waals surface area contributed by atoms with Gasteiger partial charge in [-0.15, -0.1) is 5.10 Å². The molecule has 30 heavy (non-hydrogen) atoms. The number of rotatable bonds is 10. The van der Waals surface area contributed by atoms with Gasteiger partial charge >= 0.3 is 11.7 Å². The Morgan fingerprint density at radius 1 is 1.20 bits per heavy atom. The lowest BCUT2D eigenvalue weighted by molar-refractivity contribution is -0.143. The Hall–Kier alpha value is -2.87. The van der Waals surface area contributed by atoms with Crippen molar-refractivity contribution in [1.82, 2.24) is 19.3 Å². The summed E-state index contributed by atoms with van der Waals surface area (Å²) in [6.45, 7) is 5.14. The molecule has 8 nitrogen and oxygen atoms in total. The van der Waals surface area contributed by atoms with Crippen molar-refractivity contribution in [2.24, 2.45) is 0 Å². The molecule has 0 bridgehead atoms. The number of esters is 1. The number of ether oxygens (including phenoxy) is 1. The van der Waals surface area contributed by atoms with E-state index < -0.39 is 5.76 Å². The quantitative estimate of drug-likeness (QED) is 0.357. The van der Waals surface area contributed by atoms with Crippen LogP contribution >= 0.6 is 11.6 Å². The predicted molar refractivity (Wildman–Crippen MR) is 112 cm³/mol. The molecule has 0 radical (unpaired) electrons. The minimum absolute atomic E-state index is 0.192. The third-order valence-electron chi connectivity index (χ3n) is 4.73. The van der Waals surface area contributed by atoms with E-state index in [9.17, 15) is 9.59 Å². The van der Waals surface area contributed by atoms with Crippen molar-refractivity contribution in [3.05, 3.63) is 57.4 Å². The normalized spacial score (nSPS) is 11.0. The van der Waals surface area contributed by atoms with Crippen molar-refractivity contribution in [3.63, 3.8) is 0 Å². The SMILES string of the molecule is CCOC(=O)CCCCCn1nc(-c2ncn(Cc3ccc(Cl)cc3)c2C)oc1=O. The van der Waals surface area contributed by atoms with Gasteiger partial charge in [0, 0.05) is 30.2 Å². The summed E-state index contributed by atoms with van der Waals surface area (Å²) in [6, 6.07) is 7.60. The van der Waals surface area contributed by atoms with Gasteiger partial charge in [-0.1, -0.05) is 30.2 Å². The van der Waals surface area contributed by atoms with E-state index in [1.165, 1.54) is 4.68 Å². The molecule has 3 aromatic rings. The zero-order valence-electron chi connectivity index (χ0n) is 17.1. The molecule has 0 aliphatic carbocycles. The second-order valence-electron chi connectivity index (χ2n) is 6.94. The minimum atomic E-state index is -0.512. The Labute approximate surface area is 179 Å². The van der Waals surface area contributed by atoms with Crippen LogP contribution in [0.25, 0.3) is 11.6 Å². The maximum atomic E-state index is 12.1. The van der Waals surface area contributed by atoms with Gasteiger partial charge in [0.15, 0.2) is 0 Å². The molecule has 0 spiro atoms. The van der Waals surface area contributed by atoms with Crippen molar-refractivity contribution >= 4 is 17.6 Å². The zero-order chi connectivity index (χ0) is 21.5. The van der Waals surface area contributed by atoms with Gasteiger partial charge in [-0.25, -0.2) is 9.78 Å². The standard InChI is InChI=1S/C21H25ClN4O4/c1-3-29-18(27)7-5-4-6-12-26-21(28)30-20(24-26)19-15(2)25(14-23-19)13-16-8-10-17(22)11-9-16/h8-11,14H,3-7,12-13H2,1-2H3. The first-order chi connectivity index (χ1) is 14.5. The molecule has 0 saturated heterocycles. The molecule has 1 aromatic carbocycles. The van der Waals surface area contributed by atoms with Crippen LogP contribution in [0.3, 0.4) is 0 Å². The number of hydrogen-bond acceptors (Lipinski definition) is 6. The number of benzene rings is 1. The highest BCUT2D eigenvalue weighted by atomic mass is 35.5. The van der Waals surface area contributed by atoms with Crippen molar-refractivity contribution in [2.45, 2.75) is 52.6 Å². The molecule has 0 aliphatic rings. The molecule has 0 N–H and O–H groups in total. The summed E-state index contributed by atoms with van der Waals surface area (Å²) in [7, 11) is 0. The maximum absolute atomic E-state index is 12.1. The highest BCUT2D eigenvalue weighted by Gasteiger charge is 2.17. The summed E-state index contributed by atoms with van der Waals surface area (Å²) in [4.78, 5) is 27.8. The first-order valence-electron chi connectivity index (χ1n) is 9.98. The largest absolute Gasteiger partial charge is 0.466 e. The lowest BCUT2D eigenvalue weighted by Gasteiger charge is -2.05. The fraction of sp³-hybridized carbons (Fsp3) is 0.429. The van der Waals surface area contributed by atoms with E-state index in [0.717, 1.165) is 24.1 Å². The Morgan fingerprint density at radius 2 is 1.97 bits per heavy atom. The first kappa shape index (κ1) is 21.8. The van der Waals surface area contributed by atoms with Crippen LogP contribution in [0.4, 0.5) is 0 Å². The molecule has 0 atom stereocenters. The van der Waals surface area contributed by atoms with Crippen LogP contribution in [0.15, 0.2) is 39.8 Å². The Morgan fingerprint density at radius 3 is 2.70 bits per heavy atom. The van der Waals surface area contributed by atoms with Crippen LogP contribution in [0.5, 0.6) is 0 Å². The number of aryl methyl sites for hydroxylation is 1. The van der Waals surface area contributed by atoms with E-state index in [-0.39, 0.29) is 11.9 Å². The Kier molecular flexibility index (Phi) is 7.46. The van der Waals surface area contributed by atoms with Crippen LogP contribution in [0.1, 0.15) is 43.9 Å². The van der Waals surface area contributed by atoms with Gasteiger partial charge in [0.25, 0.3) is 5.89 Å². The van der Waals surface area contributed by atoms with Crippen LogP contribution in [-0.4, -0.2) is 31.9 Å². The maximum Gasteiger partial charge on any atom is 0.437 e. The summed E-state index contributed by atoms with van der Waals surface area (Å²) >= 11 is 5.94. The average molecular weight is 433 g/mol. The van der Waals surface area contributed by atoms with Gasteiger partial charge < -0.3 is 13.7 Å². The van der Waals surface area contributed by atoms with E-state index in [1.54, 1.807) is 13.3 Å². The van der Waals surface area contributed by atoms with Gasteiger partial charge in [0.1, 0.15) is 5.69 Å². The van der Waals surface area contributed by atoms with Crippen molar-refractivity contribution in [2.75, 3.05) is 6.61 Å². The zero-order valence-corrected chi connectivity index (χ0v) is 17.9. The molecular formula is C21H25ClN4O4. The third-order valence-corrected chi connectivity index (χ3v) is 4.98. The number of aromatic nitrogens is 4. The lowest BCUT2D eigenvalue weighted by Crippen LogP contribution is -2.15.